The van der Waals surface area contributed by atoms with Gasteiger partial charge in [0.1, 0.15) is 48.3 Å². The van der Waals surface area contributed by atoms with E-state index >= 15 is 0 Å². The number of rotatable bonds is 42. The van der Waals surface area contributed by atoms with Gasteiger partial charge in [0.15, 0.2) is 17.9 Å². The van der Waals surface area contributed by atoms with Crippen molar-refractivity contribution in [3.8, 4) is 0 Å². The molecule has 0 aliphatic carbocycles. The first-order chi connectivity index (χ1) is 39.2. The Labute approximate surface area is 487 Å². The summed E-state index contributed by atoms with van der Waals surface area (Å²) in [5, 5.41) is 40.3. The number of guanidine groups is 3. The fourth-order valence-electron chi connectivity index (χ4n) is 7.83. The smallest absolute Gasteiger partial charge is 0.326 e. The van der Waals surface area contributed by atoms with Gasteiger partial charge in [-0.15, -0.1) is 0 Å². The second-order valence-electron chi connectivity index (χ2n) is 19.8. The molecule has 1 rings (SSSR count). The van der Waals surface area contributed by atoms with Crippen LogP contribution in [0.3, 0.4) is 0 Å². The van der Waals surface area contributed by atoms with E-state index in [1.54, 1.807) is 44.2 Å². The number of hydrogen-bond donors (Lipinski definition) is 20. The Bertz CT molecular complexity index is 2360. The van der Waals surface area contributed by atoms with E-state index in [2.05, 4.69) is 70.1 Å². The van der Waals surface area contributed by atoms with Gasteiger partial charge >= 0.3 is 5.97 Å². The van der Waals surface area contributed by atoms with Gasteiger partial charge in [0.2, 0.25) is 53.2 Å². The first-order valence-corrected chi connectivity index (χ1v) is 27.7. The number of nitrogens with zero attached hydrogens (tertiary/aromatic N) is 3. The molecule has 9 atom stereocenters. The maximum atomic E-state index is 14.5. The summed E-state index contributed by atoms with van der Waals surface area (Å²) in [6.45, 7) is 2.76. The molecule has 0 aliphatic rings. The number of carbonyl (C=O) groups is 10. The molecular formula is C50H88N20O12S. The predicted molar refractivity (Wildman–Crippen MR) is 313 cm³/mol. The van der Waals surface area contributed by atoms with Crippen LogP contribution in [0.1, 0.15) is 96.5 Å². The summed E-state index contributed by atoms with van der Waals surface area (Å²) < 4.78 is 0. The number of unbranched alkanes of at least 4 members (excludes halogenated alkanes) is 1. The highest BCUT2D eigenvalue weighted by molar-refractivity contribution is 7.80. The van der Waals surface area contributed by atoms with Gasteiger partial charge in [-0.3, -0.25) is 58.1 Å². The van der Waals surface area contributed by atoms with E-state index in [0.29, 0.717) is 18.4 Å². The molecule has 33 heteroatoms. The van der Waals surface area contributed by atoms with E-state index in [4.69, 9.17) is 51.6 Å². The number of carboxylic acids is 1. The van der Waals surface area contributed by atoms with E-state index in [-0.39, 0.29) is 126 Å². The molecule has 0 radical (unpaired) electrons. The molecule has 0 saturated carbocycles. The number of primary amides is 1. The first kappa shape index (κ1) is 73.0. The number of nitrogens with two attached hydrogens (primary N) is 9. The lowest BCUT2D eigenvalue weighted by molar-refractivity contribution is -0.142. The van der Waals surface area contributed by atoms with Gasteiger partial charge in [-0.2, -0.15) is 12.6 Å². The van der Waals surface area contributed by atoms with Crippen LogP contribution in [0.15, 0.2) is 45.3 Å². The maximum absolute atomic E-state index is 14.5. The number of carbonyl (C=O) groups excluding carboxylic acids is 9. The number of carboxylic acid groups (broad SMARTS) is 1. The fraction of sp³-hybridized carbons (Fsp3) is 0.620. The van der Waals surface area contributed by atoms with Crippen LogP contribution in [-0.2, 0) is 54.4 Å². The summed E-state index contributed by atoms with van der Waals surface area (Å²) in [5.41, 5.74) is 50.5. The highest BCUT2D eigenvalue weighted by Gasteiger charge is 2.35. The molecule has 0 aromatic heterocycles. The zero-order chi connectivity index (χ0) is 62.6. The molecule has 0 bridgehead atoms. The average molecular weight is 1190 g/mol. The first-order valence-electron chi connectivity index (χ1n) is 27.0. The van der Waals surface area contributed by atoms with E-state index in [1.807, 2.05) is 0 Å². The van der Waals surface area contributed by atoms with Crippen molar-refractivity contribution in [2.45, 2.75) is 152 Å². The van der Waals surface area contributed by atoms with Gasteiger partial charge in [-0.05, 0) is 88.7 Å². The van der Waals surface area contributed by atoms with Crippen LogP contribution in [0, 0.1) is 5.92 Å². The molecule has 0 unspecified atom stereocenters. The minimum Gasteiger partial charge on any atom is -0.480 e. The van der Waals surface area contributed by atoms with Crippen LogP contribution in [0.25, 0.3) is 0 Å². The molecule has 0 saturated heterocycles. The Hall–Kier alpha value is -8.04. The molecule has 0 aliphatic heterocycles. The standard InChI is InChI=1S/C50H88N20O12S/c1-27(2)23-34(67-45(79)36(25-71)69-39(73)29(52)17-18-38(53)72)44(78)66-30(13-6-7-19-51)40(74)63-31(14-8-20-60-48(54)55)41(75)64-32(15-9-21-61-49(56)57)42(76)65-33(16-10-22-62-50(58)59)43(77)70-37(26-83)46(80)68-35(47(81)82)24-28-11-4-3-5-12-28/h3-5,11-12,27,29-37,71,83H,6-10,13-26,51-52H2,1-2H3,(H2,53,72)(H,63,74)(H,64,75)(H,65,76)(H,66,78)(H,67,79)(H,68,80)(H,69,73)(H,70,77)(H,81,82)(H4,54,55,60)(H4,56,57,61)(H4,58,59,62)/t29-,30-,31-,32-,33-,34-,35-,36-,37-/m0/s1. The lowest BCUT2D eigenvalue weighted by atomic mass is 10.0. The summed E-state index contributed by atoms with van der Waals surface area (Å²) in [4.78, 5) is 146. The highest BCUT2D eigenvalue weighted by Crippen LogP contribution is 2.12. The second kappa shape index (κ2) is 40.2. The Balaban J connectivity index is 3.66. The molecule has 9 amide bonds. The van der Waals surface area contributed by atoms with Crippen molar-refractivity contribution in [3.05, 3.63) is 35.9 Å². The third-order valence-electron chi connectivity index (χ3n) is 12.2. The highest BCUT2D eigenvalue weighted by atomic mass is 32.1. The predicted octanol–water partition coefficient (Wildman–Crippen LogP) is -6.96. The molecule has 0 fully saturated rings. The zero-order valence-corrected chi connectivity index (χ0v) is 48.0. The topological polar surface area (TPSA) is 579 Å². The number of nitrogens with one attached hydrogen (secondary N) is 8. The van der Waals surface area contributed by atoms with Crippen molar-refractivity contribution in [1.82, 2.24) is 42.5 Å². The Morgan fingerprint density at radius 2 is 0.855 bits per heavy atom. The molecule has 1 aromatic rings. The molecule has 32 nitrogen and oxygen atoms in total. The van der Waals surface area contributed by atoms with Gasteiger partial charge < -0.3 is 104 Å². The van der Waals surface area contributed by atoms with E-state index in [0.717, 1.165) is 0 Å². The number of aliphatic hydroxyl groups excluding tert-OH is 1. The zero-order valence-electron chi connectivity index (χ0n) is 47.1. The molecule has 0 spiro atoms. The Morgan fingerprint density at radius 1 is 0.494 bits per heavy atom. The van der Waals surface area contributed by atoms with Crippen molar-refractivity contribution >= 4 is 89.6 Å². The lowest BCUT2D eigenvalue weighted by Crippen LogP contribution is -2.60. The number of aliphatic imine (C=N–C) groups is 3. The number of aliphatic carboxylic acids is 1. The minimum absolute atomic E-state index is 0.0000517. The molecule has 466 valence electrons. The van der Waals surface area contributed by atoms with Gasteiger partial charge in [-0.25, -0.2) is 4.79 Å². The third-order valence-corrected chi connectivity index (χ3v) is 12.6. The van der Waals surface area contributed by atoms with E-state index < -0.39 is 120 Å². The van der Waals surface area contributed by atoms with Gasteiger partial charge in [-0.1, -0.05) is 44.2 Å². The van der Waals surface area contributed by atoms with Crippen LogP contribution in [0.5, 0.6) is 0 Å². The average Bonchev–Trinajstić information content (AvgIpc) is 3.44. The number of hydrogen-bond acceptors (Lipinski definition) is 17. The van der Waals surface area contributed by atoms with Crippen LogP contribution >= 0.6 is 12.6 Å². The van der Waals surface area contributed by atoms with Crippen LogP contribution in [-0.4, -0.2) is 180 Å². The van der Waals surface area contributed by atoms with Crippen molar-refractivity contribution in [1.29, 1.82) is 0 Å². The normalized spacial score (nSPS) is 14.2. The van der Waals surface area contributed by atoms with Crippen LogP contribution in [0.4, 0.5) is 0 Å². The molecule has 1 aromatic carbocycles. The van der Waals surface area contributed by atoms with Crippen molar-refractivity contribution < 1.29 is 58.2 Å². The quantitative estimate of drug-likeness (QED) is 0.0125. The van der Waals surface area contributed by atoms with Gasteiger partial charge in [0.25, 0.3) is 0 Å². The van der Waals surface area contributed by atoms with Gasteiger partial charge in [0.05, 0.1) is 12.6 Å². The number of thiol groups is 1. The van der Waals surface area contributed by atoms with E-state index in [1.165, 1.54) is 0 Å². The monoisotopic (exact) mass is 1190 g/mol. The van der Waals surface area contributed by atoms with Crippen LogP contribution in [0.2, 0.25) is 0 Å². The minimum atomic E-state index is -1.59. The molecule has 28 N–H and O–H groups in total. The summed E-state index contributed by atoms with van der Waals surface area (Å²) >= 11 is 4.23. The summed E-state index contributed by atoms with van der Waals surface area (Å²) in [7, 11) is 0. The fourth-order valence-corrected chi connectivity index (χ4v) is 8.09. The third kappa shape index (κ3) is 31.1. The number of amides is 9. The second-order valence-corrected chi connectivity index (χ2v) is 20.1. The van der Waals surface area contributed by atoms with Crippen molar-refractivity contribution in [2.75, 3.05) is 38.5 Å². The summed E-state index contributed by atoms with van der Waals surface area (Å²) in [6.07, 6.45) is 0.0434. The van der Waals surface area contributed by atoms with Crippen molar-refractivity contribution in [3.63, 3.8) is 0 Å². The SMILES string of the molecule is CC(C)C[C@H](NC(=O)[C@H](CO)NC(=O)[C@@H](N)CCC(N)=O)C(=O)N[C@@H](CCCCN)C(=O)N[C@@H](CCCN=C(N)N)C(=O)N[C@@H](CCCN=C(N)N)C(=O)N[C@@H](CCCN=C(N)N)C(=O)N[C@@H](CS)C(=O)N[C@@H](Cc1ccccc1)C(=O)O. The lowest BCUT2D eigenvalue weighted by Gasteiger charge is -2.28. The van der Waals surface area contributed by atoms with Crippen LogP contribution < -0.4 is 94.1 Å². The molecular weight excluding hydrogens is 1100 g/mol. The Morgan fingerprint density at radius 3 is 1.23 bits per heavy atom. The maximum Gasteiger partial charge on any atom is 0.326 e. The van der Waals surface area contributed by atoms with E-state index in [9.17, 15) is 58.2 Å². The molecule has 0 heterocycles. The largest absolute Gasteiger partial charge is 0.480 e. The number of aliphatic hydroxyl groups is 1. The summed E-state index contributed by atoms with van der Waals surface area (Å²) in [5.74, 6) is -10.6. The number of benzene rings is 1. The molecule has 83 heavy (non-hydrogen) atoms. The van der Waals surface area contributed by atoms with Gasteiger partial charge in [0, 0.05) is 38.2 Å². The summed E-state index contributed by atoms with van der Waals surface area (Å²) in [6, 6.07) is -4.24. The Kier molecular flexibility index (Phi) is 35.3. The van der Waals surface area contributed by atoms with Crippen molar-refractivity contribution in [2.24, 2.45) is 72.5 Å².